The number of fused-ring (bicyclic) bond motifs is 2. The van der Waals surface area contributed by atoms with Crippen molar-refractivity contribution in [1.29, 1.82) is 0 Å². The number of nitrogens with one attached hydrogen (secondary N) is 2. The molecule has 32 heavy (non-hydrogen) atoms. The summed E-state index contributed by atoms with van der Waals surface area (Å²) in [5.74, 6) is -0.707. The van der Waals surface area contributed by atoms with Gasteiger partial charge in [-0.05, 0) is 48.5 Å². The fraction of sp³-hybridized carbons (Fsp3) is 0.250. The normalized spacial score (nSPS) is 15.3. The second kappa shape index (κ2) is 9.08. The van der Waals surface area contributed by atoms with E-state index < -0.39 is 5.79 Å². The SMILES string of the molecule is Clc1ccc2c(NCCC3(CNc4ccnc5cc(Cl)ccc45)OCCO3)ccnc2c1. The van der Waals surface area contributed by atoms with Crippen LogP contribution in [0.3, 0.4) is 0 Å². The molecule has 6 nitrogen and oxygen atoms in total. The van der Waals surface area contributed by atoms with Gasteiger partial charge in [0.25, 0.3) is 0 Å². The Morgan fingerprint density at radius 3 is 1.94 bits per heavy atom. The van der Waals surface area contributed by atoms with Gasteiger partial charge in [0.2, 0.25) is 0 Å². The van der Waals surface area contributed by atoms with Gasteiger partial charge in [-0.25, -0.2) is 0 Å². The first-order valence-electron chi connectivity index (χ1n) is 10.5. The molecule has 2 aromatic heterocycles. The number of benzene rings is 2. The number of ether oxygens (including phenoxy) is 2. The highest BCUT2D eigenvalue weighted by atomic mass is 35.5. The fourth-order valence-electron chi connectivity index (χ4n) is 4.00. The third kappa shape index (κ3) is 4.45. The van der Waals surface area contributed by atoms with Gasteiger partial charge in [-0.1, -0.05) is 23.2 Å². The van der Waals surface area contributed by atoms with Crippen LogP contribution in [0.4, 0.5) is 11.4 Å². The smallest absolute Gasteiger partial charge is 0.187 e. The lowest BCUT2D eigenvalue weighted by Gasteiger charge is -2.28. The number of anilines is 2. The molecule has 4 aromatic rings. The van der Waals surface area contributed by atoms with E-state index in [9.17, 15) is 0 Å². The molecule has 164 valence electrons. The summed E-state index contributed by atoms with van der Waals surface area (Å²) >= 11 is 12.2. The molecule has 5 rings (SSSR count). The molecule has 0 atom stereocenters. The lowest BCUT2D eigenvalue weighted by Crippen LogP contribution is -2.40. The highest BCUT2D eigenvalue weighted by molar-refractivity contribution is 6.31. The number of hydrogen-bond acceptors (Lipinski definition) is 6. The molecule has 0 radical (unpaired) electrons. The molecule has 0 unspecified atom stereocenters. The molecule has 0 bridgehead atoms. The number of aromatic nitrogens is 2. The van der Waals surface area contributed by atoms with Gasteiger partial charge in [-0.2, -0.15) is 0 Å². The number of rotatable bonds is 7. The summed E-state index contributed by atoms with van der Waals surface area (Å²) in [6, 6.07) is 15.3. The first-order chi connectivity index (χ1) is 15.6. The van der Waals surface area contributed by atoms with Gasteiger partial charge < -0.3 is 20.1 Å². The second-order valence-corrected chi connectivity index (χ2v) is 8.55. The average molecular weight is 469 g/mol. The Morgan fingerprint density at radius 1 is 0.781 bits per heavy atom. The maximum Gasteiger partial charge on any atom is 0.187 e. The quantitative estimate of drug-likeness (QED) is 0.360. The van der Waals surface area contributed by atoms with Gasteiger partial charge in [0.15, 0.2) is 5.79 Å². The highest BCUT2D eigenvalue weighted by Gasteiger charge is 2.36. The largest absolute Gasteiger partial charge is 0.384 e. The summed E-state index contributed by atoms with van der Waals surface area (Å²) < 4.78 is 12.1. The van der Waals surface area contributed by atoms with Crippen LogP contribution >= 0.6 is 23.2 Å². The van der Waals surface area contributed by atoms with Crippen molar-refractivity contribution in [2.24, 2.45) is 0 Å². The van der Waals surface area contributed by atoms with Crippen molar-refractivity contribution in [1.82, 2.24) is 9.97 Å². The molecule has 2 aromatic carbocycles. The lowest BCUT2D eigenvalue weighted by molar-refractivity contribution is -0.148. The molecular weight excluding hydrogens is 447 g/mol. The Labute approximate surface area is 195 Å². The standard InChI is InChI=1S/C24H22Cl2N4O2/c25-16-1-3-18-20(5-8-27-22(18)13-16)29-10-7-24(31-11-12-32-24)15-30-21-6-9-28-23-14-17(26)2-4-19(21)23/h1-6,8-9,13-14H,7,10-12,15H2,(H,27,29)(H,28,30). The Hall–Kier alpha value is -2.64. The van der Waals surface area contributed by atoms with E-state index in [1.807, 2.05) is 48.5 Å². The van der Waals surface area contributed by atoms with Crippen LogP contribution in [0.1, 0.15) is 6.42 Å². The van der Waals surface area contributed by atoms with E-state index in [1.165, 1.54) is 0 Å². The van der Waals surface area contributed by atoms with Crippen LogP contribution in [-0.4, -0.2) is 42.1 Å². The molecule has 3 heterocycles. The highest BCUT2D eigenvalue weighted by Crippen LogP contribution is 2.29. The second-order valence-electron chi connectivity index (χ2n) is 7.68. The van der Waals surface area contributed by atoms with E-state index in [2.05, 4.69) is 20.6 Å². The minimum Gasteiger partial charge on any atom is -0.384 e. The molecule has 0 spiro atoms. The lowest BCUT2D eigenvalue weighted by atomic mass is 10.1. The van der Waals surface area contributed by atoms with E-state index >= 15 is 0 Å². The average Bonchev–Trinajstić information content (AvgIpc) is 3.26. The van der Waals surface area contributed by atoms with Crippen LogP contribution in [0.25, 0.3) is 21.8 Å². The molecule has 0 saturated carbocycles. The molecular formula is C24H22Cl2N4O2. The van der Waals surface area contributed by atoms with E-state index in [4.69, 9.17) is 32.7 Å². The third-order valence-electron chi connectivity index (χ3n) is 5.59. The molecule has 1 aliphatic rings. The molecule has 2 N–H and O–H groups in total. The number of nitrogens with zero attached hydrogens (tertiary/aromatic N) is 2. The van der Waals surface area contributed by atoms with Crippen molar-refractivity contribution in [3.05, 3.63) is 71.0 Å². The summed E-state index contributed by atoms with van der Waals surface area (Å²) in [7, 11) is 0. The summed E-state index contributed by atoms with van der Waals surface area (Å²) in [5.41, 5.74) is 3.67. The first kappa shape index (κ1) is 21.2. The van der Waals surface area contributed by atoms with Crippen LogP contribution in [0.5, 0.6) is 0 Å². The monoisotopic (exact) mass is 468 g/mol. The third-order valence-corrected chi connectivity index (χ3v) is 6.06. The van der Waals surface area contributed by atoms with Crippen molar-refractivity contribution in [3.63, 3.8) is 0 Å². The fourth-order valence-corrected chi connectivity index (χ4v) is 4.33. The van der Waals surface area contributed by atoms with E-state index in [0.29, 0.717) is 42.8 Å². The molecule has 1 fully saturated rings. The number of hydrogen-bond donors (Lipinski definition) is 2. The van der Waals surface area contributed by atoms with Crippen LogP contribution in [0.2, 0.25) is 10.0 Å². The van der Waals surface area contributed by atoms with Gasteiger partial charge >= 0.3 is 0 Å². The van der Waals surface area contributed by atoms with E-state index in [-0.39, 0.29) is 0 Å². The van der Waals surface area contributed by atoms with Gasteiger partial charge in [0, 0.05) is 57.6 Å². The maximum atomic E-state index is 6.11. The molecule has 1 saturated heterocycles. The summed E-state index contributed by atoms with van der Waals surface area (Å²) in [4.78, 5) is 8.80. The Bertz CT molecular complexity index is 1260. The molecule has 0 aliphatic carbocycles. The Morgan fingerprint density at radius 2 is 1.34 bits per heavy atom. The van der Waals surface area contributed by atoms with E-state index in [1.54, 1.807) is 12.4 Å². The van der Waals surface area contributed by atoms with Crippen LogP contribution in [0, 0.1) is 0 Å². The van der Waals surface area contributed by atoms with Crippen molar-refractivity contribution in [3.8, 4) is 0 Å². The minimum atomic E-state index is -0.707. The topological polar surface area (TPSA) is 68.3 Å². The van der Waals surface area contributed by atoms with Crippen molar-refractivity contribution in [2.45, 2.75) is 12.2 Å². The van der Waals surface area contributed by atoms with Crippen molar-refractivity contribution < 1.29 is 9.47 Å². The predicted octanol–water partition coefficient (Wildman–Crippen LogP) is 5.75. The molecule has 0 amide bonds. The van der Waals surface area contributed by atoms with Gasteiger partial charge in [-0.3, -0.25) is 9.97 Å². The van der Waals surface area contributed by atoms with E-state index in [0.717, 1.165) is 33.2 Å². The van der Waals surface area contributed by atoms with Crippen LogP contribution in [-0.2, 0) is 9.47 Å². The number of halogens is 2. The van der Waals surface area contributed by atoms with Crippen molar-refractivity contribution >= 4 is 56.4 Å². The predicted molar refractivity (Wildman–Crippen MR) is 130 cm³/mol. The first-order valence-corrected chi connectivity index (χ1v) is 11.2. The zero-order valence-electron chi connectivity index (χ0n) is 17.3. The van der Waals surface area contributed by atoms with Gasteiger partial charge in [0.1, 0.15) is 0 Å². The molecule has 1 aliphatic heterocycles. The molecule has 8 heteroatoms. The summed E-state index contributed by atoms with van der Waals surface area (Å²) in [6.45, 7) is 2.34. The zero-order chi connectivity index (χ0) is 22.0. The van der Waals surface area contributed by atoms with Gasteiger partial charge in [-0.15, -0.1) is 0 Å². The summed E-state index contributed by atoms with van der Waals surface area (Å²) in [5, 5.41) is 10.4. The van der Waals surface area contributed by atoms with Crippen molar-refractivity contribution in [2.75, 3.05) is 36.9 Å². The maximum absolute atomic E-state index is 6.11. The van der Waals surface area contributed by atoms with Crippen LogP contribution in [0.15, 0.2) is 60.9 Å². The van der Waals surface area contributed by atoms with Gasteiger partial charge in [0.05, 0.1) is 30.8 Å². The van der Waals surface area contributed by atoms with Crippen LogP contribution < -0.4 is 10.6 Å². The Kier molecular flexibility index (Phi) is 6.02. The number of pyridine rings is 2. The summed E-state index contributed by atoms with van der Waals surface area (Å²) in [6.07, 6.45) is 4.22. The zero-order valence-corrected chi connectivity index (χ0v) is 18.8. The Balaban J connectivity index is 1.28. The minimum absolute atomic E-state index is 0.517.